The monoisotopic (exact) mass is 286 g/mol. The molecule has 2 saturated heterocycles. The molecular formula is C15H18N4O2. The third kappa shape index (κ3) is 2.25. The molecule has 2 N–H and O–H groups in total. The maximum absolute atomic E-state index is 11.0. The Labute approximate surface area is 122 Å². The minimum absolute atomic E-state index is 0.499. The second-order valence-corrected chi connectivity index (χ2v) is 6.19. The van der Waals surface area contributed by atoms with E-state index in [1.54, 1.807) is 4.90 Å². The van der Waals surface area contributed by atoms with Crippen LogP contribution in [0.4, 0.5) is 4.79 Å². The Morgan fingerprint density at radius 1 is 1.29 bits per heavy atom. The molecule has 2 aromatic rings. The second kappa shape index (κ2) is 4.73. The molecule has 6 nitrogen and oxygen atoms in total. The van der Waals surface area contributed by atoms with Crippen LogP contribution in [0.2, 0.25) is 0 Å². The number of rotatable bonds is 2. The van der Waals surface area contributed by atoms with Crippen molar-refractivity contribution in [3.05, 3.63) is 30.0 Å². The van der Waals surface area contributed by atoms with Crippen molar-refractivity contribution in [3.8, 4) is 0 Å². The van der Waals surface area contributed by atoms with E-state index in [9.17, 15) is 4.79 Å². The first kappa shape index (κ1) is 12.6. The number of carboxylic acid groups (broad SMARTS) is 1. The Balaban J connectivity index is 1.42. The lowest BCUT2D eigenvalue weighted by Crippen LogP contribution is -2.31. The van der Waals surface area contributed by atoms with E-state index >= 15 is 0 Å². The normalized spacial score (nSPS) is 25.6. The average molecular weight is 286 g/mol. The standard InChI is InChI=1S/C15H18N4O2/c20-15(21)19-8-12-6-18(7-13(12)9-19)5-10-1-2-14-11(3-10)4-16-17-14/h1-4,12-13H,5-9H2,(H,16,17)(H,20,21)/t12-,13+. The molecule has 2 atom stereocenters. The van der Waals surface area contributed by atoms with Crippen molar-refractivity contribution in [1.82, 2.24) is 20.0 Å². The molecule has 2 aliphatic rings. The molecule has 2 fully saturated rings. The number of nitrogens with one attached hydrogen (secondary N) is 1. The molecule has 0 radical (unpaired) electrons. The largest absolute Gasteiger partial charge is 0.465 e. The van der Waals surface area contributed by atoms with Crippen LogP contribution in [-0.2, 0) is 6.54 Å². The number of nitrogens with zero attached hydrogens (tertiary/aromatic N) is 3. The van der Waals surface area contributed by atoms with Crippen molar-refractivity contribution < 1.29 is 9.90 Å². The first-order chi connectivity index (χ1) is 10.2. The zero-order valence-electron chi connectivity index (χ0n) is 11.7. The molecule has 0 saturated carbocycles. The third-order valence-electron chi connectivity index (χ3n) is 4.74. The van der Waals surface area contributed by atoms with Gasteiger partial charge in [0, 0.05) is 38.1 Å². The molecule has 2 aliphatic heterocycles. The lowest BCUT2D eigenvalue weighted by atomic mass is 10.0. The summed E-state index contributed by atoms with van der Waals surface area (Å²) in [7, 11) is 0. The maximum Gasteiger partial charge on any atom is 0.407 e. The minimum atomic E-state index is -0.777. The number of aromatic nitrogens is 2. The Morgan fingerprint density at radius 3 is 2.76 bits per heavy atom. The molecule has 1 amide bonds. The number of likely N-dealkylation sites (tertiary alicyclic amines) is 2. The summed E-state index contributed by atoms with van der Waals surface area (Å²) in [6.07, 6.45) is 1.07. The number of hydrogen-bond acceptors (Lipinski definition) is 3. The lowest BCUT2D eigenvalue weighted by Gasteiger charge is -2.19. The van der Waals surface area contributed by atoms with Crippen LogP contribution in [0.25, 0.3) is 10.9 Å². The zero-order chi connectivity index (χ0) is 14.4. The number of amides is 1. The molecule has 0 aliphatic carbocycles. The van der Waals surface area contributed by atoms with Crippen LogP contribution in [0.15, 0.2) is 24.4 Å². The van der Waals surface area contributed by atoms with Gasteiger partial charge in [-0.05, 0) is 29.5 Å². The summed E-state index contributed by atoms with van der Waals surface area (Å²) in [5.41, 5.74) is 2.35. The Bertz CT molecular complexity index is 669. The number of carbonyl (C=O) groups is 1. The summed E-state index contributed by atoms with van der Waals surface area (Å²) in [5.74, 6) is 0.998. The van der Waals surface area contributed by atoms with Gasteiger partial charge >= 0.3 is 6.09 Å². The fourth-order valence-corrected chi connectivity index (χ4v) is 3.72. The smallest absolute Gasteiger partial charge is 0.407 e. The molecule has 1 aromatic carbocycles. The van der Waals surface area contributed by atoms with Gasteiger partial charge in [0.15, 0.2) is 0 Å². The van der Waals surface area contributed by atoms with Gasteiger partial charge in [0.25, 0.3) is 0 Å². The number of hydrogen-bond donors (Lipinski definition) is 2. The van der Waals surface area contributed by atoms with Gasteiger partial charge in [0.1, 0.15) is 0 Å². The van der Waals surface area contributed by atoms with E-state index in [1.165, 1.54) is 5.56 Å². The highest BCUT2D eigenvalue weighted by Crippen LogP contribution is 2.32. The summed E-state index contributed by atoms with van der Waals surface area (Å²) in [6, 6.07) is 6.38. The maximum atomic E-state index is 11.0. The molecule has 0 bridgehead atoms. The molecule has 4 rings (SSSR count). The predicted molar refractivity (Wildman–Crippen MR) is 77.9 cm³/mol. The Morgan fingerprint density at radius 2 is 2.05 bits per heavy atom. The number of aromatic amines is 1. The highest BCUT2D eigenvalue weighted by molar-refractivity contribution is 5.78. The van der Waals surface area contributed by atoms with Crippen molar-refractivity contribution >= 4 is 17.0 Å². The van der Waals surface area contributed by atoms with Crippen molar-refractivity contribution in [2.24, 2.45) is 11.8 Å². The Kier molecular flexibility index (Phi) is 2.85. The van der Waals surface area contributed by atoms with Crippen LogP contribution < -0.4 is 0 Å². The zero-order valence-corrected chi connectivity index (χ0v) is 11.7. The number of H-pyrrole nitrogens is 1. The van der Waals surface area contributed by atoms with Crippen molar-refractivity contribution in [3.63, 3.8) is 0 Å². The fraction of sp³-hybridized carbons (Fsp3) is 0.467. The SMILES string of the molecule is O=C(O)N1C[C@H]2CN(Cc3ccc4[nH]ncc4c3)C[C@H]2C1. The topological polar surface area (TPSA) is 72.5 Å². The third-order valence-corrected chi connectivity index (χ3v) is 4.74. The van der Waals surface area contributed by atoms with Crippen LogP contribution in [0.1, 0.15) is 5.56 Å². The highest BCUT2D eigenvalue weighted by atomic mass is 16.4. The quantitative estimate of drug-likeness (QED) is 0.879. The van der Waals surface area contributed by atoms with Gasteiger partial charge in [-0.1, -0.05) is 6.07 Å². The molecule has 0 spiro atoms. The van der Waals surface area contributed by atoms with E-state index in [0.717, 1.165) is 30.5 Å². The minimum Gasteiger partial charge on any atom is -0.465 e. The molecule has 110 valence electrons. The van der Waals surface area contributed by atoms with Crippen LogP contribution in [0, 0.1) is 11.8 Å². The summed E-state index contributed by atoms with van der Waals surface area (Å²) in [5, 5.41) is 17.2. The summed E-state index contributed by atoms with van der Waals surface area (Å²) in [4.78, 5) is 15.0. The van der Waals surface area contributed by atoms with Gasteiger partial charge in [-0.15, -0.1) is 0 Å². The first-order valence-corrected chi connectivity index (χ1v) is 7.31. The highest BCUT2D eigenvalue weighted by Gasteiger charge is 2.41. The van der Waals surface area contributed by atoms with Gasteiger partial charge in [0.05, 0.1) is 11.7 Å². The van der Waals surface area contributed by atoms with Gasteiger partial charge in [-0.2, -0.15) is 5.10 Å². The van der Waals surface area contributed by atoms with E-state index in [2.05, 4.69) is 33.3 Å². The summed E-state index contributed by atoms with van der Waals surface area (Å²) < 4.78 is 0. The van der Waals surface area contributed by atoms with E-state index in [1.807, 2.05) is 6.20 Å². The average Bonchev–Trinajstić information content (AvgIpc) is 3.11. The van der Waals surface area contributed by atoms with E-state index in [-0.39, 0.29) is 0 Å². The first-order valence-electron chi connectivity index (χ1n) is 7.31. The van der Waals surface area contributed by atoms with Gasteiger partial charge in [-0.25, -0.2) is 4.79 Å². The van der Waals surface area contributed by atoms with Crippen LogP contribution >= 0.6 is 0 Å². The Hall–Kier alpha value is -2.08. The second-order valence-electron chi connectivity index (χ2n) is 6.19. The predicted octanol–water partition coefficient (Wildman–Crippen LogP) is 1.60. The van der Waals surface area contributed by atoms with Crippen LogP contribution in [0.3, 0.4) is 0 Å². The van der Waals surface area contributed by atoms with Crippen LogP contribution in [-0.4, -0.2) is 57.4 Å². The summed E-state index contributed by atoms with van der Waals surface area (Å²) in [6.45, 7) is 4.31. The molecule has 6 heteroatoms. The van der Waals surface area contributed by atoms with Gasteiger partial charge < -0.3 is 10.0 Å². The number of fused-ring (bicyclic) bond motifs is 2. The molecular weight excluding hydrogens is 268 g/mol. The molecule has 3 heterocycles. The van der Waals surface area contributed by atoms with Crippen LogP contribution in [0.5, 0.6) is 0 Å². The lowest BCUT2D eigenvalue weighted by molar-refractivity contribution is 0.148. The molecule has 1 aromatic heterocycles. The molecule has 21 heavy (non-hydrogen) atoms. The van der Waals surface area contributed by atoms with Gasteiger partial charge in [0.2, 0.25) is 0 Å². The van der Waals surface area contributed by atoms with Crippen molar-refractivity contribution in [2.45, 2.75) is 6.54 Å². The van der Waals surface area contributed by atoms with Crippen molar-refractivity contribution in [1.29, 1.82) is 0 Å². The van der Waals surface area contributed by atoms with E-state index in [0.29, 0.717) is 24.9 Å². The van der Waals surface area contributed by atoms with E-state index in [4.69, 9.17) is 5.11 Å². The fourth-order valence-electron chi connectivity index (χ4n) is 3.72. The molecule has 0 unspecified atom stereocenters. The van der Waals surface area contributed by atoms with Gasteiger partial charge in [-0.3, -0.25) is 10.00 Å². The number of benzene rings is 1. The van der Waals surface area contributed by atoms with Crippen molar-refractivity contribution in [2.75, 3.05) is 26.2 Å². The van der Waals surface area contributed by atoms with E-state index < -0.39 is 6.09 Å². The summed E-state index contributed by atoms with van der Waals surface area (Å²) >= 11 is 0.